The Kier molecular flexibility index (Phi) is 8.75. The zero-order chi connectivity index (χ0) is 22.2. The van der Waals surface area contributed by atoms with Crippen LogP contribution in [0.4, 0.5) is 0 Å². The number of benzene rings is 2. The highest BCUT2D eigenvalue weighted by Crippen LogP contribution is 2.20. The van der Waals surface area contributed by atoms with Gasteiger partial charge in [-0.15, -0.1) is 0 Å². The SMILES string of the molecule is CC[C@@H](C(=O)NC1CCCC1)N(Cc1ccccc1C)C(=O)COc1ccc(I)cc1. The second kappa shape index (κ2) is 11.5. The molecule has 5 nitrogen and oxygen atoms in total. The third kappa shape index (κ3) is 6.69. The van der Waals surface area contributed by atoms with E-state index in [-0.39, 0.29) is 24.5 Å². The maximum atomic E-state index is 13.3. The lowest BCUT2D eigenvalue weighted by Gasteiger charge is -2.31. The average Bonchev–Trinajstić information content (AvgIpc) is 3.27. The van der Waals surface area contributed by atoms with Crippen molar-refractivity contribution in [3.8, 4) is 5.75 Å². The molecule has 0 saturated heterocycles. The zero-order valence-corrected chi connectivity index (χ0v) is 20.4. The molecule has 0 spiro atoms. The highest BCUT2D eigenvalue weighted by molar-refractivity contribution is 14.1. The number of carbonyl (C=O) groups excluding carboxylic acids is 2. The summed E-state index contributed by atoms with van der Waals surface area (Å²) in [4.78, 5) is 28.1. The number of ether oxygens (including phenoxy) is 1. The number of aryl methyl sites for hydroxylation is 1. The van der Waals surface area contributed by atoms with Crippen molar-refractivity contribution in [2.45, 2.75) is 64.6 Å². The van der Waals surface area contributed by atoms with Gasteiger partial charge >= 0.3 is 0 Å². The number of amides is 2. The molecule has 3 rings (SSSR count). The van der Waals surface area contributed by atoms with E-state index in [2.05, 4.69) is 27.9 Å². The number of halogens is 1. The number of hydrogen-bond donors (Lipinski definition) is 1. The van der Waals surface area contributed by atoms with Crippen molar-refractivity contribution in [1.29, 1.82) is 0 Å². The third-order valence-electron chi connectivity index (χ3n) is 5.87. The Hall–Kier alpha value is -2.09. The Morgan fingerprint density at radius 3 is 2.45 bits per heavy atom. The van der Waals surface area contributed by atoms with E-state index in [9.17, 15) is 9.59 Å². The minimum absolute atomic E-state index is 0.0643. The van der Waals surface area contributed by atoms with Gasteiger partial charge in [-0.3, -0.25) is 9.59 Å². The molecule has 166 valence electrons. The summed E-state index contributed by atoms with van der Waals surface area (Å²) in [7, 11) is 0. The molecule has 0 unspecified atom stereocenters. The molecule has 31 heavy (non-hydrogen) atoms. The summed E-state index contributed by atoms with van der Waals surface area (Å²) in [5, 5.41) is 3.17. The molecule has 0 radical (unpaired) electrons. The first-order valence-corrected chi connectivity index (χ1v) is 12.1. The second-order valence-corrected chi connectivity index (χ2v) is 9.35. The van der Waals surface area contributed by atoms with E-state index in [1.807, 2.05) is 62.4 Å². The van der Waals surface area contributed by atoms with Gasteiger partial charge in [-0.1, -0.05) is 44.0 Å². The molecule has 2 aromatic rings. The van der Waals surface area contributed by atoms with Crippen molar-refractivity contribution in [3.63, 3.8) is 0 Å². The van der Waals surface area contributed by atoms with Gasteiger partial charge in [0.25, 0.3) is 5.91 Å². The van der Waals surface area contributed by atoms with Crippen LogP contribution in [0, 0.1) is 10.5 Å². The van der Waals surface area contributed by atoms with Crippen molar-refractivity contribution in [1.82, 2.24) is 10.2 Å². The number of nitrogens with one attached hydrogen (secondary N) is 1. The van der Waals surface area contributed by atoms with Crippen molar-refractivity contribution >= 4 is 34.4 Å². The third-order valence-corrected chi connectivity index (χ3v) is 6.58. The molecule has 1 saturated carbocycles. The van der Waals surface area contributed by atoms with Crippen LogP contribution in [-0.2, 0) is 16.1 Å². The van der Waals surface area contributed by atoms with Crippen LogP contribution in [0.25, 0.3) is 0 Å². The van der Waals surface area contributed by atoms with E-state index < -0.39 is 6.04 Å². The molecule has 0 aliphatic heterocycles. The average molecular weight is 534 g/mol. The number of nitrogens with zero attached hydrogens (tertiary/aromatic N) is 1. The van der Waals surface area contributed by atoms with Gasteiger partial charge in [0.05, 0.1) is 0 Å². The first-order valence-electron chi connectivity index (χ1n) is 11.0. The fourth-order valence-electron chi connectivity index (χ4n) is 4.02. The quantitative estimate of drug-likeness (QED) is 0.469. The fourth-order valence-corrected chi connectivity index (χ4v) is 4.38. The molecule has 1 aliphatic carbocycles. The molecule has 2 amide bonds. The van der Waals surface area contributed by atoms with Crippen LogP contribution in [0.15, 0.2) is 48.5 Å². The molecule has 0 bridgehead atoms. The minimum Gasteiger partial charge on any atom is -0.484 e. The maximum Gasteiger partial charge on any atom is 0.261 e. The summed E-state index contributed by atoms with van der Waals surface area (Å²) >= 11 is 2.23. The fraction of sp³-hybridized carbons (Fsp3) is 0.440. The molecule has 2 aromatic carbocycles. The molecule has 1 aliphatic rings. The van der Waals surface area contributed by atoms with E-state index >= 15 is 0 Å². The summed E-state index contributed by atoms with van der Waals surface area (Å²) in [5.41, 5.74) is 2.14. The van der Waals surface area contributed by atoms with Gasteiger partial charge in [0.2, 0.25) is 5.91 Å². The maximum absolute atomic E-state index is 13.3. The van der Waals surface area contributed by atoms with Crippen LogP contribution >= 0.6 is 22.6 Å². The van der Waals surface area contributed by atoms with Gasteiger partial charge in [0.15, 0.2) is 6.61 Å². The van der Waals surface area contributed by atoms with E-state index in [1.165, 1.54) is 0 Å². The molecule has 0 heterocycles. The second-order valence-electron chi connectivity index (χ2n) is 8.10. The van der Waals surface area contributed by atoms with Crippen LogP contribution in [0.5, 0.6) is 5.75 Å². The van der Waals surface area contributed by atoms with Crippen LogP contribution in [0.2, 0.25) is 0 Å². The molecule has 1 N–H and O–H groups in total. The molecule has 0 aromatic heterocycles. The molecular formula is C25H31IN2O3. The van der Waals surface area contributed by atoms with Crippen molar-refractivity contribution in [2.75, 3.05) is 6.61 Å². The number of hydrogen-bond acceptors (Lipinski definition) is 3. The lowest BCUT2D eigenvalue weighted by Crippen LogP contribution is -2.52. The van der Waals surface area contributed by atoms with Gasteiger partial charge in [-0.25, -0.2) is 0 Å². The largest absolute Gasteiger partial charge is 0.484 e. The van der Waals surface area contributed by atoms with E-state index in [0.717, 1.165) is 40.4 Å². The Balaban J connectivity index is 1.76. The lowest BCUT2D eigenvalue weighted by molar-refractivity contribution is -0.143. The highest BCUT2D eigenvalue weighted by atomic mass is 127. The Morgan fingerprint density at radius 2 is 1.81 bits per heavy atom. The topological polar surface area (TPSA) is 58.6 Å². The van der Waals surface area contributed by atoms with Crippen molar-refractivity contribution in [3.05, 3.63) is 63.2 Å². The Morgan fingerprint density at radius 1 is 1.13 bits per heavy atom. The molecule has 1 atom stereocenters. The minimum atomic E-state index is -0.520. The summed E-state index contributed by atoms with van der Waals surface area (Å²) in [5.74, 6) is 0.397. The standard InChI is InChI=1S/C25H31IN2O3/c1-3-23(25(30)27-21-10-6-7-11-21)28(16-19-9-5-4-8-18(19)2)24(29)17-31-22-14-12-20(26)13-15-22/h4-5,8-9,12-15,21,23H,3,6-7,10-11,16-17H2,1-2H3,(H,27,30)/t23-/m0/s1. The van der Waals surface area contributed by atoms with E-state index in [4.69, 9.17) is 4.74 Å². The normalized spacial score (nSPS) is 14.8. The molecule has 6 heteroatoms. The van der Waals surface area contributed by atoms with Gasteiger partial charge in [-0.2, -0.15) is 0 Å². The summed E-state index contributed by atoms with van der Waals surface area (Å²) in [6.07, 6.45) is 4.89. The highest BCUT2D eigenvalue weighted by Gasteiger charge is 2.31. The Labute approximate surface area is 198 Å². The molecule has 1 fully saturated rings. The van der Waals surface area contributed by atoms with E-state index in [0.29, 0.717) is 18.7 Å². The summed E-state index contributed by atoms with van der Waals surface area (Å²) < 4.78 is 6.86. The zero-order valence-electron chi connectivity index (χ0n) is 18.3. The van der Waals surface area contributed by atoms with E-state index in [1.54, 1.807) is 4.90 Å². The van der Waals surface area contributed by atoms with Gasteiger partial charge in [0.1, 0.15) is 11.8 Å². The van der Waals surface area contributed by atoms with Gasteiger partial charge in [0, 0.05) is 16.2 Å². The summed E-state index contributed by atoms with van der Waals surface area (Å²) in [6, 6.07) is 15.3. The monoisotopic (exact) mass is 534 g/mol. The van der Waals surface area contributed by atoms with Crippen LogP contribution in [0.1, 0.15) is 50.2 Å². The predicted octanol–water partition coefficient (Wildman–Crippen LogP) is 4.84. The van der Waals surface area contributed by atoms with Crippen molar-refractivity contribution in [2.24, 2.45) is 0 Å². The van der Waals surface area contributed by atoms with Crippen LogP contribution < -0.4 is 10.1 Å². The van der Waals surface area contributed by atoms with Crippen LogP contribution in [0.3, 0.4) is 0 Å². The lowest BCUT2D eigenvalue weighted by atomic mass is 10.1. The first-order chi connectivity index (χ1) is 15.0. The number of rotatable bonds is 9. The predicted molar refractivity (Wildman–Crippen MR) is 131 cm³/mol. The Bertz CT molecular complexity index is 879. The van der Waals surface area contributed by atoms with Crippen LogP contribution in [-0.4, -0.2) is 35.4 Å². The summed E-state index contributed by atoms with van der Waals surface area (Å²) in [6.45, 7) is 4.27. The van der Waals surface area contributed by atoms with Gasteiger partial charge in [-0.05, 0) is 84.2 Å². The first kappa shape index (κ1) is 23.6. The molecular weight excluding hydrogens is 503 g/mol. The van der Waals surface area contributed by atoms with Gasteiger partial charge < -0.3 is 15.0 Å². The van der Waals surface area contributed by atoms with Crippen molar-refractivity contribution < 1.29 is 14.3 Å². The smallest absolute Gasteiger partial charge is 0.261 e. The number of carbonyl (C=O) groups is 2.